The van der Waals surface area contributed by atoms with Gasteiger partial charge in [0.25, 0.3) is 0 Å². The molecule has 3 rings (SSSR count). The minimum atomic E-state index is -0.358. The van der Waals surface area contributed by atoms with Crippen molar-refractivity contribution in [2.24, 2.45) is 5.73 Å². The van der Waals surface area contributed by atoms with Crippen molar-refractivity contribution >= 4 is 16.9 Å². The monoisotopic (exact) mass is 227 g/mol. The van der Waals surface area contributed by atoms with Crippen molar-refractivity contribution in [3.05, 3.63) is 41.6 Å². The highest BCUT2D eigenvalue weighted by molar-refractivity contribution is 5.80. The summed E-state index contributed by atoms with van der Waals surface area (Å²) in [6, 6.07) is 9.77. The molecule has 86 valence electrons. The molecule has 0 atom stereocenters. The van der Waals surface area contributed by atoms with Gasteiger partial charge in [0.2, 0.25) is 0 Å². The number of benzene rings is 1. The van der Waals surface area contributed by atoms with Crippen LogP contribution in [0.2, 0.25) is 0 Å². The SMILES string of the molecule is NC(=O)N1CCc2nc3ccccc3cc2C1. The van der Waals surface area contributed by atoms with Gasteiger partial charge in [-0.3, -0.25) is 4.98 Å². The highest BCUT2D eigenvalue weighted by atomic mass is 16.2. The number of nitrogens with two attached hydrogens (primary N) is 1. The van der Waals surface area contributed by atoms with E-state index in [0.717, 1.165) is 28.6 Å². The van der Waals surface area contributed by atoms with Crippen LogP contribution in [0.5, 0.6) is 0 Å². The lowest BCUT2D eigenvalue weighted by molar-refractivity contribution is 0.202. The van der Waals surface area contributed by atoms with Crippen molar-refractivity contribution in [1.82, 2.24) is 9.88 Å². The molecule has 0 spiro atoms. The maximum Gasteiger partial charge on any atom is 0.315 e. The third-order valence-electron chi connectivity index (χ3n) is 3.18. The number of hydrogen-bond donors (Lipinski definition) is 1. The van der Waals surface area contributed by atoms with Gasteiger partial charge < -0.3 is 10.6 Å². The van der Waals surface area contributed by atoms with Crippen molar-refractivity contribution in [3.8, 4) is 0 Å². The molecule has 17 heavy (non-hydrogen) atoms. The van der Waals surface area contributed by atoms with E-state index in [9.17, 15) is 4.79 Å². The Morgan fingerprint density at radius 3 is 3.00 bits per heavy atom. The van der Waals surface area contributed by atoms with Crippen LogP contribution in [-0.4, -0.2) is 22.5 Å². The Morgan fingerprint density at radius 2 is 2.18 bits per heavy atom. The highest BCUT2D eigenvalue weighted by Crippen LogP contribution is 2.22. The van der Waals surface area contributed by atoms with E-state index in [1.165, 1.54) is 0 Å². The molecule has 2 N–H and O–H groups in total. The number of primary amides is 1. The van der Waals surface area contributed by atoms with Crippen LogP contribution in [0.4, 0.5) is 4.79 Å². The molecule has 2 amide bonds. The average molecular weight is 227 g/mol. The second kappa shape index (κ2) is 3.73. The van der Waals surface area contributed by atoms with Crippen LogP contribution in [0, 0.1) is 0 Å². The number of carbonyl (C=O) groups excluding carboxylic acids is 1. The largest absolute Gasteiger partial charge is 0.351 e. The van der Waals surface area contributed by atoms with Gasteiger partial charge in [-0.15, -0.1) is 0 Å². The van der Waals surface area contributed by atoms with E-state index < -0.39 is 0 Å². The Balaban J connectivity index is 2.07. The van der Waals surface area contributed by atoms with Crippen LogP contribution in [-0.2, 0) is 13.0 Å². The van der Waals surface area contributed by atoms with E-state index in [1.54, 1.807) is 4.90 Å². The lowest BCUT2D eigenvalue weighted by atomic mass is 10.0. The summed E-state index contributed by atoms with van der Waals surface area (Å²) in [6.07, 6.45) is 0.781. The highest BCUT2D eigenvalue weighted by Gasteiger charge is 2.19. The molecule has 1 aliphatic heterocycles. The van der Waals surface area contributed by atoms with Crippen molar-refractivity contribution in [2.45, 2.75) is 13.0 Å². The summed E-state index contributed by atoms with van der Waals surface area (Å²) < 4.78 is 0. The number of pyridine rings is 1. The normalized spacial score (nSPS) is 14.7. The standard InChI is InChI=1S/C13H13N3O/c14-13(17)16-6-5-12-10(8-16)7-9-3-1-2-4-11(9)15-12/h1-4,7H,5-6,8H2,(H2,14,17). The first-order valence-corrected chi connectivity index (χ1v) is 5.66. The van der Waals surface area contributed by atoms with Gasteiger partial charge in [0.1, 0.15) is 0 Å². The van der Waals surface area contributed by atoms with Crippen LogP contribution in [0.25, 0.3) is 10.9 Å². The first kappa shape index (κ1) is 10.1. The Kier molecular flexibility index (Phi) is 2.21. The number of aromatic nitrogens is 1. The van der Waals surface area contributed by atoms with Crippen LogP contribution < -0.4 is 5.73 Å². The van der Waals surface area contributed by atoms with Gasteiger partial charge in [0.05, 0.1) is 5.52 Å². The molecule has 4 nitrogen and oxygen atoms in total. The van der Waals surface area contributed by atoms with E-state index in [-0.39, 0.29) is 6.03 Å². The number of rotatable bonds is 0. The molecule has 0 bridgehead atoms. The first-order chi connectivity index (χ1) is 8.24. The second-order valence-corrected chi connectivity index (χ2v) is 4.30. The average Bonchev–Trinajstić information content (AvgIpc) is 2.35. The summed E-state index contributed by atoms with van der Waals surface area (Å²) in [6.45, 7) is 1.23. The van der Waals surface area contributed by atoms with Crippen molar-refractivity contribution < 1.29 is 4.79 Å². The number of carbonyl (C=O) groups is 1. The summed E-state index contributed by atoms with van der Waals surface area (Å²) in [7, 11) is 0. The molecule has 0 fully saturated rings. The van der Waals surface area contributed by atoms with E-state index in [0.29, 0.717) is 13.1 Å². The minimum Gasteiger partial charge on any atom is -0.351 e. The van der Waals surface area contributed by atoms with Gasteiger partial charge in [0.15, 0.2) is 0 Å². The number of para-hydroxylation sites is 1. The number of fused-ring (bicyclic) bond motifs is 2. The molecule has 1 aromatic carbocycles. The number of nitrogens with zero attached hydrogens (tertiary/aromatic N) is 2. The van der Waals surface area contributed by atoms with E-state index in [4.69, 9.17) is 5.73 Å². The number of urea groups is 1. The van der Waals surface area contributed by atoms with Crippen LogP contribution in [0.15, 0.2) is 30.3 Å². The molecule has 4 heteroatoms. The molecular weight excluding hydrogens is 214 g/mol. The predicted molar refractivity (Wildman–Crippen MR) is 65.4 cm³/mol. The Hall–Kier alpha value is -2.10. The summed E-state index contributed by atoms with van der Waals surface area (Å²) in [5.41, 5.74) is 8.51. The zero-order valence-corrected chi connectivity index (χ0v) is 9.39. The molecule has 0 unspecified atom stereocenters. The van der Waals surface area contributed by atoms with E-state index in [1.807, 2.05) is 24.3 Å². The summed E-state index contributed by atoms with van der Waals surface area (Å²) in [5.74, 6) is 0. The summed E-state index contributed by atoms with van der Waals surface area (Å²) >= 11 is 0. The smallest absolute Gasteiger partial charge is 0.315 e. The Labute approximate surface area is 99.0 Å². The first-order valence-electron chi connectivity index (χ1n) is 5.66. The fourth-order valence-corrected chi connectivity index (χ4v) is 2.27. The molecule has 1 aromatic heterocycles. The molecular formula is C13H13N3O. The molecule has 2 heterocycles. The van der Waals surface area contributed by atoms with Crippen LogP contribution in [0.1, 0.15) is 11.3 Å². The molecule has 1 aliphatic rings. The quantitative estimate of drug-likeness (QED) is 0.744. The molecule has 0 aliphatic carbocycles. The van der Waals surface area contributed by atoms with Gasteiger partial charge in [-0.25, -0.2) is 4.79 Å². The Morgan fingerprint density at radius 1 is 1.35 bits per heavy atom. The van der Waals surface area contributed by atoms with E-state index >= 15 is 0 Å². The molecule has 2 aromatic rings. The van der Waals surface area contributed by atoms with E-state index in [2.05, 4.69) is 11.1 Å². The van der Waals surface area contributed by atoms with Crippen LogP contribution in [0.3, 0.4) is 0 Å². The van der Waals surface area contributed by atoms with Crippen LogP contribution >= 0.6 is 0 Å². The van der Waals surface area contributed by atoms with Gasteiger partial charge in [-0.1, -0.05) is 18.2 Å². The van der Waals surface area contributed by atoms with Crippen molar-refractivity contribution in [2.75, 3.05) is 6.54 Å². The lowest BCUT2D eigenvalue weighted by Gasteiger charge is -2.26. The molecule has 0 saturated heterocycles. The summed E-state index contributed by atoms with van der Waals surface area (Å²) in [5, 5.41) is 1.11. The van der Waals surface area contributed by atoms with Crippen molar-refractivity contribution in [3.63, 3.8) is 0 Å². The topological polar surface area (TPSA) is 59.2 Å². The third kappa shape index (κ3) is 1.71. The maximum absolute atomic E-state index is 11.2. The van der Waals surface area contributed by atoms with Gasteiger partial charge in [0, 0.05) is 30.6 Å². The maximum atomic E-state index is 11.2. The number of amides is 2. The van der Waals surface area contributed by atoms with Crippen molar-refractivity contribution in [1.29, 1.82) is 0 Å². The fraction of sp³-hybridized carbons (Fsp3) is 0.231. The lowest BCUT2D eigenvalue weighted by Crippen LogP contribution is -2.39. The molecule has 0 saturated carbocycles. The second-order valence-electron chi connectivity index (χ2n) is 4.30. The fourth-order valence-electron chi connectivity index (χ4n) is 2.27. The zero-order valence-electron chi connectivity index (χ0n) is 9.39. The molecule has 0 radical (unpaired) electrons. The third-order valence-corrected chi connectivity index (χ3v) is 3.18. The van der Waals surface area contributed by atoms with Gasteiger partial charge in [-0.05, 0) is 17.7 Å². The summed E-state index contributed by atoms with van der Waals surface area (Å²) in [4.78, 5) is 17.4. The van der Waals surface area contributed by atoms with Gasteiger partial charge in [-0.2, -0.15) is 0 Å². The predicted octanol–water partition coefficient (Wildman–Crippen LogP) is 1.67. The van der Waals surface area contributed by atoms with Gasteiger partial charge >= 0.3 is 6.03 Å². The number of hydrogen-bond acceptors (Lipinski definition) is 2. The zero-order chi connectivity index (χ0) is 11.8. The Bertz CT molecular complexity index is 594. The minimum absolute atomic E-state index is 0.358.